The predicted octanol–water partition coefficient (Wildman–Crippen LogP) is 3.47. The fourth-order valence-electron chi connectivity index (χ4n) is 3.48. The third kappa shape index (κ3) is 3.77. The number of rotatable bonds is 5. The summed E-state index contributed by atoms with van der Waals surface area (Å²) < 4.78 is 4.75. The third-order valence-corrected chi connectivity index (χ3v) is 5.27. The molecule has 0 saturated carbocycles. The van der Waals surface area contributed by atoms with Gasteiger partial charge in [0.15, 0.2) is 0 Å². The van der Waals surface area contributed by atoms with Gasteiger partial charge in [0.05, 0.1) is 23.7 Å². The minimum Gasteiger partial charge on any atom is -0.465 e. The van der Waals surface area contributed by atoms with Gasteiger partial charge in [-0.15, -0.1) is 0 Å². The lowest BCUT2D eigenvalue weighted by Crippen LogP contribution is -2.34. The molecule has 0 saturated heterocycles. The third-order valence-electron chi connectivity index (χ3n) is 4.91. The summed E-state index contributed by atoms with van der Waals surface area (Å²) in [7, 11) is 1.37. The van der Waals surface area contributed by atoms with Gasteiger partial charge >= 0.3 is 5.97 Å². The maximum atomic E-state index is 11.6. The molecule has 0 spiro atoms. The molecule has 0 radical (unpaired) electrons. The molecule has 0 bridgehead atoms. The first kappa shape index (κ1) is 17.8. The molecular formula is C20H21ClN4O2. The molecule has 27 heavy (non-hydrogen) atoms. The molecule has 0 unspecified atom stereocenters. The van der Waals surface area contributed by atoms with E-state index in [0.29, 0.717) is 11.5 Å². The normalized spacial score (nSPS) is 14.1. The Labute approximate surface area is 162 Å². The van der Waals surface area contributed by atoms with E-state index in [-0.39, 0.29) is 5.97 Å². The van der Waals surface area contributed by atoms with E-state index in [4.69, 9.17) is 16.3 Å². The van der Waals surface area contributed by atoms with Crippen LogP contribution in [0.25, 0.3) is 11.0 Å². The maximum absolute atomic E-state index is 11.6. The molecule has 4 rings (SSSR count). The lowest BCUT2D eigenvalue weighted by Gasteiger charge is -2.29. The van der Waals surface area contributed by atoms with Gasteiger partial charge in [-0.1, -0.05) is 23.7 Å². The van der Waals surface area contributed by atoms with Gasteiger partial charge in [0, 0.05) is 31.2 Å². The average Bonchev–Trinajstić information content (AvgIpc) is 3.09. The summed E-state index contributed by atoms with van der Waals surface area (Å²) in [5, 5.41) is 4.20. The lowest BCUT2D eigenvalue weighted by molar-refractivity contribution is 0.0601. The molecule has 0 amide bonds. The average molecular weight is 385 g/mol. The second kappa shape index (κ2) is 7.58. The van der Waals surface area contributed by atoms with Crippen LogP contribution in [0.2, 0.25) is 5.02 Å². The highest BCUT2D eigenvalue weighted by molar-refractivity contribution is 6.31. The van der Waals surface area contributed by atoms with Crippen LogP contribution in [-0.2, 0) is 17.7 Å². The van der Waals surface area contributed by atoms with E-state index in [1.54, 1.807) is 12.1 Å². The van der Waals surface area contributed by atoms with Crippen molar-refractivity contribution in [2.45, 2.75) is 13.0 Å². The Bertz CT molecular complexity index is 985. The summed E-state index contributed by atoms with van der Waals surface area (Å²) in [6.07, 6.45) is 0.982. The summed E-state index contributed by atoms with van der Waals surface area (Å²) in [6.45, 7) is 3.61. The van der Waals surface area contributed by atoms with Crippen LogP contribution in [-0.4, -0.2) is 47.6 Å². The smallest absolute Gasteiger partial charge is 0.337 e. The maximum Gasteiger partial charge on any atom is 0.337 e. The van der Waals surface area contributed by atoms with E-state index in [2.05, 4.69) is 26.3 Å². The Balaban J connectivity index is 1.36. The van der Waals surface area contributed by atoms with Crippen molar-refractivity contribution in [1.82, 2.24) is 14.9 Å². The number of ether oxygens (including phenoxy) is 1. The number of nitrogens with one attached hydrogen (secondary N) is 2. The van der Waals surface area contributed by atoms with Crippen molar-refractivity contribution in [3.05, 3.63) is 58.1 Å². The number of halogens is 1. The molecule has 2 aromatic carbocycles. The fourth-order valence-corrected chi connectivity index (χ4v) is 3.77. The first-order valence-electron chi connectivity index (χ1n) is 8.94. The number of aromatic nitrogens is 2. The number of carbonyl (C=O) groups is 1. The quantitative estimate of drug-likeness (QED) is 0.659. The molecular weight excluding hydrogens is 364 g/mol. The zero-order chi connectivity index (χ0) is 18.8. The number of hydrogen-bond donors (Lipinski definition) is 2. The van der Waals surface area contributed by atoms with Gasteiger partial charge in [-0.25, -0.2) is 9.78 Å². The van der Waals surface area contributed by atoms with Crippen molar-refractivity contribution in [3.8, 4) is 0 Å². The van der Waals surface area contributed by atoms with Crippen LogP contribution >= 0.6 is 11.6 Å². The Morgan fingerprint density at radius 3 is 3.11 bits per heavy atom. The largest absolute Gasteiger partial charge is 0.465 e. The topological polar surface area (TPSA) is 70.2 Å². The van der Waals surface area contributed by atoms with Crippen LogP contribution in [0, 0.1) is 0 Å². The van der Waals surface area contributed by atoms with Crippen LogP contribution in [0.15, 0.2) is 36.4 Å². The van der Waals surface area contributed by atoms with Gasteiger partial charge in [-0.2, -0.15) is 0 Å². The highest BCUT2D eigenvalue weighted by atomic mass is 35.5. The second-order valence-electron chi connectivity index (χ2n) is 6.64. The van der Waals surface area contributed by atoms with Crippen molar-refractivity contribution in [2.75, 3.05) is 32.1 Å². The molecule has 1 aliphatic rings. The van der Waals surface area contributed by atoms with Crippen molar-refractivity contribution in [2.24, 2.45) is 0 Å². The number of H-pyrrole nitrogens is 1. The van der Waals surface area contributed by atoms with Gasteiger partial charge in [0.25, 0.3) is 0 Å². The van der Waals surface area contributed by atoms with Gasteiger partial charge in [-0.05, 0) is 41.8 Å². The predicted molar refractivity (Wildman–Crippen MR) is 106 cm³/mol. The molecule has 2 N–H and O–H groups in total. The lowest BCUT2D eigenvalue weighted by atomic mass is 10.00. The molecule has 0 fully saturated rings. The fraction of sp³-hybridized carbons (Fsp3) is 0.300. The standard InChI is InChI=1S/C20H21ClN4O2/c1-27-19(26)13-5-6-17-18(11-13)24-20(23-17)22-8-10-25-9-7-15-14(12-25)3-2-4-16(15)21/h2-6,11H,7-10,12H2,1H3,(H2,22,23,24). The second-order valence-corrected chi connectivity index (χ2v) is 7.05. The molecule has 1 aromatic heterocycles. The number of carbonyl (C=O) groups excluding carboxylic acids is 1. The monoisotopic (exact) mass is 384 g/mol. The number of hydrogen-bond acceptors (Lipinski definition) is 5. The van der Waals surface area contributed by atoms with Crippen molar-refractivity contribution < 1.29 is 9.53 Å². The number of benzene rings is 2. The number of aromatic amines is 1. The number of esters is 1. The number of fused-ring (bicyclic) bond motifs is 2. The van der Waals surface area contributed by atoms with E-state index in [1.807, 2.05) is 18.2 Å². The zero-order valence-corrected chi connectivity index (χ0v) is 15.8. The summed E-state index contributed by atoms with van der Waals surface area (Å²) >= 11 is 6.28. The summed E-state index contributed by atoms with van der Waals surface area (Å²) in [4.78, 5) is 21.8. The number of imidazole rings is 1. The number of methoxy groups -OCH3 is 1. The Kier molecular flexibility index (Phi) is 5.01. The molecule has 1 aliphatic heterocycles. The van der Waals surface area contributed by atoms with Crippen LogP contribution in [0.3, 0.4) is 0 Å². The summed E-state index contributed by atoms with van der Waals surface area (Å²) in [5.41, 5.74) is 4.72. The van der Waals surface area contributed by atoms with Gasteiger partial charge < -0.3 is 15.0 Å². The van der Waals surface area contributed by atoms with E-state index in [1.165, 1.54) is 18.2 Å². The van der Waals surface area contributed by atoms with Gasteiger partial charge in [-0.3, -0.25) is 4.90 Å². The van der Waals surface area contributed by atoms with E-state index in [0.717, 1.165) is 48.7 Å². The van der Waals surface area contributed by atoms with Crippen molar-refractivity contribution >= 4 is 34.6 Å². The van der Waals surface area contributed by atoms with Crippen LogP contribution in [0.4, 0.5) is 5.95 Å². The molecule has 6 nitrogen and oxygen atoms in total. The van der Waals surface area contributed by atoms with Crippen molar-refractivity contribution in [1.29, 1.82) is 0 Å². The summed E-state index contributed by atoms with van der Waals surface area (Å²) in [6, 6.07) is 11.4. The highest BCUT2D eigenvalue weighted by Crippen LogP contribution is 2.25. The highest BCUT2D eigenvalue weighted by Gasteiger charge is 2.17. The van der Waals surface area contributed by atoms with Gasteiger partial charge in [0.1, 0.15) is 0 Å². The minimum atomic E-state index is -0.355. The van der Waals surface area contributed by atoms with Crippen LogP contribution in [0.1, 0.15) is 21.5 Å². The molecule has 7 heteroatoms. The minimum absolute atomic E-state index is 0.355. The first-order valence-corrected chi connectivity index (χ1v) is 9.32. The van der Waals surface area contributed by atoms with E-state index in [9.17, 15) is 4.79 Å². The van der Waals surface area contributed by atoms with E-state index < -0.39 is 0 Å². The van der Waals surface area contributed by atoms with Crippen LogP contribution < -0.4 is 5.32 Å². The Morgan fingerprint density at radius 2 is 2.26 bits per heavy atom. The van der Waals surface area contributed by atoms with E-state index >= 15 is 0 Å². The molecule has 0 atom stereocenters. The van der Waals surface area contributed by atoms with Gasteiger partial charge in [0.2, 0.25) is 5.95 Å². The molecule has 2 heterocycles. The number of nitrogens with zero attached hydrogens (tertiary/aromatic N) is 2. The Hall–Kier alpha value is -2.57. The number of anilines is 1. The molecule has 140 valence electrons. The SMILES string of the molecule is COC(=O)c1ccc2nc(NCCN3CCc4c(Cl)cccc4C3)[nH]c2c1. The molecule has 3 aromatic rings. The Morgan fingerprint density at radius 1 is 1.37 bits per heavy atom. The first-order chi connectivity index (χ1) is 13.1. The van der Waals surface area contributed by atoms with Crippen LogP contribution in [0.5, 0.6) is 0 Å². The molecule has 0 aliphatic carbocycles. The van der Waals surface area contributed by atoms with Crippen molar-refractivity contribution in [3.63, 3.8) is 0 Å². The summed E-state index contributed by atoms with van der Waals surface area (Å²) in [5.74, 6) is 0.346. The zero-order valence-electron chi connectivity index (χ0n) is 15.1.